The summed E-state index contributed by atoms with van der Waals surface area (Å²) in [5.41, 5.74) is 0.368. The van der Waals surface area contributed by atoms with Crippen molar-refractivity contribution >= 4 is 51.9 Å². The zero-order valence-electron chi connectivity index (χ0n) is 56.1. The minimum atomic E-state index is -5.15. The third-order valence-corrected chi connectivity index (χ3v) is 20.9. The van der Waals surface area contributed by atoms with E-state index in [0.29, 0.717) is 112 Å². The predicted octanol–water partition coefficient (Wildman–Crippen LogP) is 12.8. The fourth-order valence-electron chi connectivity index (χ4n) is 13.8. The Morgan fingerprint density at radius 3 is 2.05 bits per heavy atom. The Bertz CT molecular complexity index is 3700. The van der Waals surface area contributed by atoms with Crippen molar-refractivity contribution in [2.75, 3.05) is 124 Å². The number of unbranched alkanes of at least 4 members (excludes halogenated alkanes) is 2. The van der Waals surface area contributed by atoms with Crippen molar-refractivity contribution < 1.29 is 68.9 Å². The number of para-hydroxylation sites is 1. The van der Waals surface area contributed by atoms with Gasteiger partial charge in [-0.2, -0.15) is 26.3 Å². The summed E-state index contributed by atoms with van der Waals surface area (Å²) in [6.45, 7) is 7.05. The number of fused-ring (bicyclic) bond motifs is 2. The van der Waals surface area contributed by atoms with Crippen LogP contribution in [0.5, 0.6) is 0 Å². The highest BCUT2D eigenvalue weighted by atomic mass is 32.1. The highest BCUT2D eigenvalue weighted by Crippen LogP contribution is 2.49. The van der Waals surface area contributed by atoms with Gasteiger partial charge in [-0.1, -0.05) is 103 Å². The van der Waals surface area contributed by atoms with Crippen molar-refractivity contribution in [2.45, 2.75) is 113 Å². The summed E-state index contributed by atoms with van der Waals surface area (Å²) in [7, 11) is 7.26. The van der Waals surface area contributed by atoms with Gasteiger partial charge in [-0.3, -0.25) is 24.5 Å². The number of ether oxygens (including phenoxy) is 3. The SMILES string of the molecule is Cc1nc(N(C)CCCCCC(=O)N(C)CCN2CCC(OC(=O)Nc3ccccc3-c3ccccc3)CC2)sc1C(=O)N(C)CCCN(C)C(=O)CO[C@H]1Cc2ccccc2C12CCN(CC[C@]1(c3ccc(F)cc3)CN(C(=O)c3cc(C(F)(F)F)cc(C(F)(F)F)c3)CO1)CC2. The molecule has 17 nitrogen and oxygen atoms in total. The fraction of sp³-hybridized carbons (Fsp3) is 0.479. The van der Waals surface area contributed by atoms with Crippen molar-refractivity contribution in [3.05, 3.63) is 171 Å². The first-order chi connectivity index (χ1) is 46.8. The predicted molar refractivity (Wildman–Crippen MR) is 360 cm³/mol. The highest BCUT2D eigenvalue weighted by Gasteiger charge is 2.50. The number of benzene rings is 5. The van der Waals surface area contributed by atoms with Crippen molar-refractivity contribution in [3.8, 4) is 11.1 Å². The minimum absolute atomic E-state index is 0.0286. The van der Waals surface area contributed by atoms with E-state index in [9.17, 15) is 54.7 Å². The molecule has 5 amide bonds. The number of piperidine rings is 2. The summed E-state index contributed by atoms with van der Waals surface area (Å²) in [5.74, 6) is -1.85. The maximum absolute atomic E-state index is 14.3. The normalized spacial score (nSPS) is 18.2. The molecule has 3 aliphatic heterocycles. The first-order valence-corrected chi connectivity index (χ1v) is 34.3. The number of thiazole rings is 1. The molecule has 0 radical (unpaired) electrons. The summed E-state index contributed by atoms with van der Waals surface area (Å²) < 4.78 is 116. The van der Waals surface area contributed by atoms with Gasteiger partial charge < -0.3 is 48.5 Å². The van der Waals surface area contributed by atoms with E-state index in [4.69, 9.17) is 19.2 Å². The number of aryl methyl sites for hydroxylation is 1. The molecule has 6 aromatic rings. The number of likely N-dealkylation sites (tertiary alicyclic amines) is 2. The molecule has 0 bridgehead atoms. The number of rotatable bonds is 26. The second-order valence-corrected chi connectivity index (χ2v) is 27.3. The van der Waals surface area contributed by atoms with Crippen LogP contribution in [0.15, 0.2) is 121 Å². The molecule has 0 saturated carbocycles. The molecule has 4 aliphatic rings. The van der Waals surface area contributed by atoms with Gasteiger partial charge in [0.05, 0.1) is 35.2 Å². The molecule has 3 saturated heterocycles. The Morgan fingerprint density at radius 2 is 1.35 bits per heavy atom. The lowest BCUT2D eigenvalue weighted by Crippen LogP contribution is -2.50. The minimum Gasteiger partial charge on any atom is -0.446 e. The van der Waals surface area contributed by atoms with E-state index in [1.807, 2.05) is 92.6 Å². The maximum Gasteiger partial charge on any atom is 0.416 e. The molecule has 98 heavy (non-hydrogen) atoms. The lowest BCUT2D eigenvalue weighted by Gasteiger charge is -2.44. The van der Waals surface area contributed by atoms with Crippen LogP contribution in [0.25, 0.3) is 11.1 Å². The average molecular weight is 1380 g/mol. The van der Waals surface area contributed by atoms with E-state index in [-0.39, 0.29) is 55.6 Å². The van der Waals surface area contributed by atoms with E-state index in [1.54, 1.807) is 28.8 Å². The van der Waals surface area contributed by atoms with Crippen LogP contribution in [0.1, 0.15) is 118 Å². The lowest BCUT2D eigenvalue weighted by molar-refractivity contribution is -0.143. The van der Waals surface area contributed by atoms with Crippen LogP contribution in [-0.4, -0.2) is 190 Å². The molecule has 3 fully saturated rings. The number of alkyl halides is 6. The Balaban J connectivity index is 0.620. The number of carbonyl (C=O) groups excluding carboxylic acids is 5. The molecule has 4 heterocycles. The van der Waals surface area contributed by atoms with Crippen LogP contribution < -0.4 is 10.2 Å². The van der Waals surface area contributed by atoms with Gasteiger partial charge in [0, 0.05) is 104 Å². The molecule has 0 unspecified atom stereocenters. The zero-order chi connectivity index (χ0) is 69.9. The highest BCUT2D eigenvalue weighted by molar-refractivity contribution is 7.17. The maximum atomic E-state index is 14.3. The average Bonchev–Trinajstić information content (AvgIpc) is 1.51. The number of halogens is 7. The van der Waals surface area contributed by atoms with Crippen molar-refractivity contribution in [1.29, 1.82) is 0 Å². The third-order valence-electron chi connectivity index (χ3n) is 19.7. The van der Waals surface area contributed by atoms with Gasteiger partial charge in [0.2, 0.25) is 11.8 Å². The number of hydrogen-bond donors (Lipinski definition) is 1. The molecular weight excluding hydrogens is 1300 g/mol. The quantitative estimate of drug-likeness (QED) is 0.0405. The van der Waals surface area contributed by atoms with Crippen LogP contribution in [-0.2, 0) is 53.6 Å². The number of likely N-dealkylation sites (N-methyl/N-ethyl adjacent to an activating group) is 2. The molecule has 2 atom stereocenters. The molecule has 1 spiro atoms. The van der Waals surface area contributed by atoms with Crippen LogP contribution >= 0.6 is 11.3 Å². The van der Waals surface area contributed by atoms with E-state index >= 15 is 0 Å². The Labute approximate surface area is 571 Å². The smallest absolute Gasteiger partial charge is 0.416 e. The summed E-state index contributed by atoms with van der Waals surface area (Å²) in [6, 6.07) is 31.9. The van der Waals surface area contributed by atoms with Crippen LogP contribution in [0.4, 0.5) is 46.3 Å². The number of nitrogens with zero attached hydrogens (tertiary/aromatic N) is 8. The van der Waals surface area contributed by atoms with E-state index < -0.39 is 64.6 Å². The summed E-state index contributed by atoms with van der Waals surface area (Å²) >= 11 is 1.35. The van der Waals surface area contributed by atoms with Crippen molar-refractivity contribution in [2.24, 2.45) is 0 Å². The largest absolute Gasteiger partial charge is 0.446 e. The molecule has 1 aromatic heterocycles. The number of anilines is 2. The van der Waals surface area contributed by atoms with Crippen molar-refractivity contribution in [1.82, 2.24) is 34.4 Å². The number of hydrogen-bond acceptors (Lipinski definition) is 13. The summed E-state index contributed by atoms with van der Waals surface area (Å²) in [6.07, 6.45) is -4.19. The molecule has 1 N–H and O–H groups in total. The molecule has 5 aromatic carbocycles. The summed E-state index contributed by atoms with van der Waals surface area (Å²) in [5, 5.41) is 3.67. The lowest BCUT2D eigenvalue weighted by atomic mass is 9.72. The van der Waals surface area contributed by atoms with Crippen LogP contribution in [0.3, 0.4) is 0 Å². The van der Waals surface area contributed by atoms with Gasteiger partial charge in [-0.05, 0) is 136 Å². The molecule has 1 aliphatic carbocycles. The number of nitrogens with one attached hydrogen (secondary N) is 1. The standard InChI is InChI=1S/C73H86F7N9O8S/c1-50-65(98-68(81-50)86(5)33-15-7-10-23-63(90)84(3)41-42-87-36-28-58(29-37-87)97-69(94)82-61-22-14-12-20-59(61)51-17-8-6-9-18-51)67(93)85(4)35-16-34-83(2)64(91)47-95-62-45-52-19-11-13-21-60(52)70(62)30-38-88(39-31-70)40-32-71(54-24-26-57(74)27-25-54)48-89(49-96-71)66(92)53-43-55(72(75,76)77)46-56(44-53)73(78,79)80/h6,8-9,11-14,17-22,24-27,43-44,46,58,62H,7,10,15-16,23,28-42,45,47-49H2,1-5H3,(H,82,94)/t62-,71+/m0/s1. The first-order valence-electron chi connectivity index (χ1n) is 33.5. The molecule has 25 heteroatoms. The zero-order valence-corrected chi connectivity index (χ0v) is 56.9. The first kappa shape index (κ1) is 72.8. The van der Waals surface area contributed by atoms with Crippen molar-refractivity contribution in [3.63, 3.8) is 0 Å². The van der Waals surface area contributed by atoms with Gasteiger partial charge in [0.15, 0.2) is 5.13 Å². The van der Waals surface area contributed by atoms with Crippen LogP contribution in [0.2, 0.25) is 0 Å². The Hall–Kier alpha value is -7.97. The van der Waals surface area contributed by atoms with Gasteiger partial charge >= 0.3 is 18.4 Å². The van der Waals surface area contributed by atoms with E-state index in [0.717, 1.165) is 84.0 Å². The molecule has 526 valence electrons. The van der Waals surface area contributed by atoms with Gasteiger partial charge in [-0.15, -0.1) is 0 Å². The van der Waals surface area contributed by atoms with Crippen LogP contribution in [0, 0.1) is 12.7 Å². The second kappa shape index (κ2) is 31.9. The Morgan fingerprint density at radius 1 is 0.704 bits per heavy atom. The monoisotopic (exact) mass is 1380 g/mol. The van der Waals surface area contributed by atoms with E-state index in [1.165, 1.54) is 35.6 Å². The number of amides is 5. The molecular formula is C73H86F7N9O8S. The summed E-state index contributed by atoms with van der Waals surface area (Å²) in [4.78, 5) is 85.2. The second-order valence-electron chi connectivity index (χ2n) is 26.3. The third kappa shape index (κ3) is 17.9. The molecule has 10 rings (SSSR count). The van der Waals surface area contributed by atoms with Gasteiger partial charge in [-0.25, -0.2) is 14.2 Å². The van der Waals surface area contributed by atoms with E-state index in [2.05, 4.69) is 27.2 Å². The fourth-order valence-corrected chi connectivity index (χ4v) is 14.8. The Kier molecular flexibility index (Phi) is 23.7. The van der Waals surface area contributed by atoms with Gasteiger partial charge in [0.1, 0.15) is 35.7 Å². The van der Waals surface area contributed by atoms with Gasteiger partial charge in [0.25, 0.3) is 11.8 Å². The topological polar surface area (TPSA) is 161 Å². The number of carbonyl (C=O) groups is 5. The number of aromatic nitrogens is 1.